The third-order valence-electron chi connectivity index (χ3n) is 3.17. The lowest BCUT2D eigenvalue weighted by Crippen LogP contribution is -2.34. The predicted octanol–water partition coefficient (Wildman–Crippen LogP) is 1.24. The minimum atomic E-state index is -0.427. The minimum Gasteiger partial charge on any atom is -0.465 e. The molecule has 1 heterocycles. The van der Waals surface area contributed by atoms with Crippen molar-refractivity contribution in [2.24, 2.45) is 5.73 Å². The summed E-state index contributed by atoms with van der Waals surface area (Å²) in [5, 5.41) is 0. The molecule has 1 aromatic carbocycles. The first-order valence-corrected chi connectivity index (χ1v) is 6.41. The number of aromatic amines is 1. The third-order valence-corrected chi connectivity index (χ3v) is 3.17. The van der Waals surface area contributed by atoms with Gasteiger partial charge < -0.3 is 15.5 Å². The first kappa shape index (κ1) is 14.3. The Morgan fingerprint density at radius 1 is 1.45 bits per heavy atom. The van der Waals surface area contributed by atoms with Crippen molar-refractivity contribution in [3.8, 4) is 0 Å². The zero-order chi connectivity index (χ0) is 14.9. The molecular formula is C14H19N3O3. The van der Waals surface area contributed by atoms with Crippen LogP contribution < -0.4 is 11.4 Å². The number of hydrogen-bond donors (Lipinski definition) is 2. The molecular weight excluding hydrogens is 258 g/mol. The first-order chi connectivity index (χ1) is 9.31. The quantitative estimate of drug-likeness (QED) is 0.823. The van der Waals surface area contributed by atoms with Crippen LogP contribution in [-0.2, 0) is 11.3 Å². The van der Waals surface area contributed by atoms with E-state index < -0.39 is 5.97 Å². The van der Waals surface area contributed by atoms with Crippen LogP contribution in [0.4, 0.5) is 0 Å². The van der Waals surface area contributed by atoms with Crippen molar-refractivity contribution < 1.29 is 9.53 Å². The number of imidazole rings is 1. The van der Waals surface area contributed by atoms with E-state index in [4.69, 9.17) is 5.73 Å². The van der Waals surface area contributed by atoms with Crippen LogP contribution in [0.5, 0.6) is 0 Å². The van der Waals surface area contributed by atoms with E-state index in [2.05, 4.69) is 9.72 Å². The maximum absolute atomic E-state index is 12.0. The molecule has 0 spiro atoms. The van der Waals surface area contributed by atoms with E-state index in [9.17, 15) is 9.59 Å². The van der Waals surface area contributed by atoms with E-state index in [0.29, 0.717) is 24.0 Å². The number of rotatable bonds is 4. The fourth-order valence-corrected chi connectivity index (χ4v) is 2.03. The highest BCUT2D eigenvalue weighted by molar-refractivity contribution is 5.93. The Kier molecular flexibility index (Phi) is 3.67. The molecule has 1 aromatic heterocycles. The van der Waals surface area contributed by atoms with Gasteiger partial charge in [0.05, 0.1) is 23.7 Å². The number of methoxy groups -OCH3 is 1. The van der Waals surface area contributed by atoms with Crippen molar-refractivity contribution in [3.63, 3.8) is 0 Å². The highest BCUT2D eigenvalue weighted by Gasteiger charge is 2.14. The molecule has 0 unspecified atom stereocenters. The van der Waals surface area contributed by atoms with Crippen molar-refractivity contribution in [1.29, 1.82) is 0 Å². The maximum Gasteiger partial charge on any atom is 0.337 e. The monoisotopic (exact) mass is 277 g/mol. The number of H-pyrrole nitrogens is 1. The number of nitrogens with zero attached hydrogens (tertiary/aromatic N) is 1. The van der Waals surface area contributed by atoms with Gasteiger partial charge in [-0.3, -0.25) is 4.57 Å². The molecule has 6 heteroatoms. The number of carbonyl (C=O) groups is 1. The second-order valence-corrected chi connectivity index (χ2v) is 5.54. The summed E-state index contributed by atoms with van der Waals surface area (Å²) in [6.45, 7) is 4.37. The van der Waals surface area contributed by atoms with Gasteiger partial charge in [0.15, 0.2) is 0 Å². The molecule has 6 nitrogen and oxygen atoms in total. The molecule has 108 valence electrons. The molecule has 2 rings (SSSR count). The Bertz CT molecular complexity index is 692. The second kappa shape index (κ2) is 5.13. The van der Waals surface area contributed by atoms with Gasteiger partial charge in [-0.25, -0.2) is 9.59 Å². The van der Waals surface area contributed by atoms with Crippen molar-refractivity contribution in [2.45, 2.75) is 32.4 Å². The topological polar surface area (TPSA) is 90.1 Å². The lowest BCUT2D eigenvalue weighted by Gasteiger charge is -2.18. The second-order valence-electron chi connectivity index (χ2n) is 5.54. The molecule has 0 saturated heterocycles. The number of ether oxygens (including phenoxy) is 1. The molecule has 0 aliphatic heterocycles. The van der Waals surface area contributed by atoms with Gasteiger partial charge in [-0.05, 0) is 38.5 Å². The largest absolute Gasteiger partial charge is 0.465 e. The highest BCUT2D eigenvalue weighted by Crippen LogP contribution is 2.15. The zero-order valence-electron chi connectivity index (χ0n) is 11.9. The number of aryl methyl sites for hydroxylation is 1. The van der Waals surface area contributed by atoms with Crippen LogP contribution in [0.3, 0.4) is 0 Å². The summed E-state index contributed by atoms with van der Waals surface area (Å²) >= 11 is 0. The summed E-state index contributed by atoms with van der Waals surface area (Å²) in [6.07, 6.45) is 0.679. The minimum absolute atomic E-state index is 0.203. The summed E-state index contributed by atoms with van der Waals surface area (Å²) < 4.78 is 6.29. The van der Waals surface area contributed by atoms with Crippen LogP contribution in [-0.4, -0.2) is 28.2 Å². The molecule has 2 aromatic rings. The van der Waals surface area contributed by atoms with Crippen molar-refractivity contribution in [3.05, 3.63) is 34.2 Å². The normalized spacial score (nSPS) is 11.8. The number of aromatic nitrogens is 2. The van der Waals surface area contributed by atoms with E-state index in [-0.39, 0.29) is 11.2 Å². The van der Waals surface area contributed by atoms with Crippen LogP contribution in [0, 0.1) is 0 Å². The van der Waals surface area contributed by atoms with Gasteiger partial charge in [-0.1, -0.05) is 0 Å². The molecule has 0 amide bonds. The van der Waals surface area contributed by atoms with Gasteiger partial charge in [0.25, 0.3) is 0 Å². The Labute approximate surface area is 116 Å². The number of hydrogen-bond acceptors (Lipinski definition) is 4. The Morgan fingerprint density at radius 3 is 2.75 bits per heavy atom. The summed E-state index contributed by atoms with van der Waals surface area (Å²) in [6, 6.07) is 5.00. The number of nitrogens with two attached hydrogens (primary N) is 1. The van der Waals surface area contributed by atoms with Crippen molar-refractivity contribution >= 4 is 17.0 Å². The van der Waals surface area contributed by atoms with Crippen LogP contribution in [0.15, 0.2) is 23.0 Å². The fraction of sp³-hybridized carbons (Fsp3) is 0.429. The Balaban J connectivity index is 2.40. The summed E-state index contributed by atoms with van der Waals surface area (Å²) in [5.74, 6) is -0.427. The highest BCUT2D eigenvalue weighted by atomic mass is 16.5. The SMILES string of the molecule is COC(=O)c1ccc2c(c1)[nH]c(=O)n2CCC(C)(C)N. The average molecular weight is 277 g/mol. The molecule has 0 aliphatic rings. The van der Waals surface area contributed by atoms with Crippen molar-refractivity contribution in [1.82, 2.24) is 9.55 Å². The maximum atomic E-state index is 12.0. The number of nitrogens with one attached hydrogen (secondary N) is 1. The number of esters is 1. The van der Waals surface area contributed by atoms with Crippen LogP contribution in [0.1, 0.15) is 30.6 Å². The first-order valence-electron chi connectivity index (χ1n) is 6.41. The standard InChI is InChI=1S/C14H19N3O3/c1-14(2,15)6-7-17-11-5-4-9(12(18)20-3)8-10(11)16-13(17)19/h4-5,8H,6-7,15H2,1-3H3,(H,16,19). The summed E-state index contributed by atoms with van der Waals surface area (Å²) in [7, 11) is 1.32. The molecule has 0 saturated carbocycles. The van der Waals surface area contributed by atoms with Gasteiger partial charge in [0.2, 0.25) is 0 Å². The molecule has 0 bridgehead atoms. The number of fused-ring (bicyclic) bond motifs is 1. The molecule has 0 radical (unpaired) electrons. The summed E-state index contributed by atoms with van der Waals surface area (Å²) in [4.78, 5) is 26.2. The van der Waals surface area contributed by atoms with Crippen molar-refractivity contribution in [2.75, 3.05) is 7.11 Å². The van der Waals surface area contributed by atoms with E-state index in [1.807, 2.05) is 13.8 Å². The third kappa shape index (κ3) is 2.91. The summed E-state index contributed by atoms with van der Waals surface area (Å²) in [5.41, 5.74) is 7.18. The van der Waals surface area contributed by atoms with Gasteiger partial charge in [-0.15, -0.1) is 0 Å². The molecule has 3 N–H and O–H groups in total. The zero-order valence-corrected chi connectivity index (χ0v) is 11.9. The van der Waals surface area contributed by atoms with E-state index in [1.54, 1.807) is 22.8 Å². The van der Waals surface area contributed by atoms with Gasteiger partial charge in [0.1, 0.15) is 0 Å². The smallest absolute Gasteiger partial charge is 0.337 e. The van der Waals surface area contributed by atoms with E-state index >= 15 is 0 Å². The molecule has 0 atom stereocenters. The van der Waals surface area contributed by atoms with Crippen LogP contribution in [0.2, 0.25) is 0 Å². The molecule has 20 heavy (non-hydrogen) atoms. The average Bonchev–Trinajstić information content (AvgIpc) is 2.69. The van der Waals surface area contributed by atoms with Gasteiger partial charge in [-0.2, -0.15) is 0 Å². The lowest BCUT2D eigenvalue weighted by atomic mass is 10.0. The van der Waals surface area contributed by atoms with Gasteiger partial charge in [0, 0.05) is 12.1 Å². The van der Waals surface area contributed by atoms with Crippen LogP contribution in [0.25, 0.3) is 11.0 Å². The number of benzene rings is 1. The predicted molar refractivity (Wildman–Crippen MR) is 76.8 cm³/mol. The van der Waals surface area contributed by atoms with Gasteiger partial charge >= 0.3 is 11.7 Å². The van der Waals surface area contributed by atoms with Crippen LogP contribution >= 0.6 is 0 Å². The van der Waals surface area contributed by atoms with E-state index in [1.165, 1.54) is 7.11 Å². The fourth-order valence-electron chi connectivity index (χ4n) is 2.03. The molecule has 0 aliphatic carbocycles. The Hall–Kier alpha value is -2.08. The molecule has 0 fully saturated rings. The number of carbonyl (C=O) groups excluding carboxylic acids is 1. The lowest BCUT2D eigenvalue weighted by molar-refractivity contribution is 0.0601. The van der Waals surface area contributed by atoms with E-state index in [0.717, 1.165) is 5.52 Å². The Morgan fingerprint density at radius 2 is 2.15 bits per heavy atom.